The molecule has 0 spiro atoms. The highest BCUT2D eigenvalue weighted by Gasteiger charge is 2.28. The van der Waals surface area contributed by atoms with Crippen molar-refractivity contribution in [2.24, 2.45) is 0 Å². The van der Waals surface area contributed by atoms with E-state index in [1.807, 2.05) is 36.5 Å². The Kier molecular flexibility index (Phi) is 3.13. The largest absolute Gasteiger partial charge is 0.373 e. The first-order valence-corrected chi connectivity index (χ1v) is 8.41. The lowest BCUT2D eigenvalue weighted by Crippen LogP contribution is -2.14. The highest BCUT2D eigenvalue weighted by molar-refractivity contribution is 6.01. The van der Waals surface area contributed by atoms with Crippen molar-refractivity contribution >= 4 is 16.7 Å². The first-order valence-electron chi connectivity index (χ1n) is 8.41. The summed E-state index contributed by atoms with van der Waals surface area (Å²) in [5.74, 6) is -0.848. The zero-order chi connectivity index (χ0) is 17.8. The van der Waals surface area contributed by atoms with Gasteiger partial charge in [0.1, 0.15) is 17.3 Å². The minimum atomic E-state index is -0.523. The fraction of sp³-hybridized carbons (Fsp3) is 0.0952. The highest BCUT2D eigenvalue weighted by Crippen LogP contribution is 2.43. The number of H-pyrrole nitrogens is 1. The molecule has 3 nitrogen and oxygen atoms in total. The Hall–Kier alpha value is -3.21. The first-order chi connectivity index (χ1) is 12.6. The molecule has 2 aromatic heterocycles. The average Bonchev–Trinajstić information content (AvgIpc) is 3.01. The summed E-state index contributed by atoms with van der Waals surface area (Å²) >= 11 is 0. The molecule has 0 amide bonds. The van der Waals surface area contributed by atoms with Crippen molar-refractivity contribution in [1.82, 2.24) is 9.97 Å². The van der Waals surface area contributed by atoms with Gasteiger partial charge in [-0.15, -0.1) is 0 Å². The number of aryl methyl sites for hydroxylation is 1. The summed E-state index contributed by atoms with van der Waals surface area (Å²) in [6.45, 7) is 1.56. The van der Waals surface area contributed by atoms with E-state index in [4.69, 9.17) is 0 Å². The number of aromatic amines is 1. The number of pyridine rings is 1. The molecule has 2 aromatic carbocycles. The fourth-order valence-corrected chi connectivity index (χ4v) is 3.74. The third kappa shape index (κ3) is 2.07. The number of hydrogen-bond donors (Lipinski definition) is 2. The molecule has 128 valence electrons. The van der Waals surface area contributed by atoms with Crippen LogP contribution >= 0.6 is 0 Å². The number of nitrogens with one attached hydrogen (secondary N) is 2. The van der Waals surface area contributed by atoms with Crippen LogP contribution in [0.3, 0.4) is 0 Å². The molecule has 1 unspecified atom stereocenters. The number of halogens is 2. The number of hydrogen-bond acceptors (Lipinski definition) is 2. The van der Waals surface area contributed by atoms with Gasteiger partial charge in [-0.2, -0.15) is 0 Å². The quantitative estimate of drug-likeness (QED) is 0.488. The number of anilines is 1. The maximum absolute atomic E-state index is 14.8. The van der Waals surface area contributed by atoms with Crippen LogP contribution in [0.5, 0.6) is 0 Å². The molecule has 5 heteroatoms. The van der Waals surface area contributed by atoms with Crippen LogP contribution in [0.1, 0.15) is 22.7 Å². The van der Waals surface area contributed by atoms with Crippen LogP contribution in [0, 0.1) is 18.6 Å². The van der Waals surface area contributed by atoms with E-state index in [1.54, 1.807) is 13.1 Å². The van der Waals surface area contributed by atoms with Crippen LogP contribution in [-0.4, -0.2) is 9.97 Å². The van der Waals surface area contributed by atoms with Gasteiger partial charge in [-0.05, 0) is 42.3 Å². The van der Waals surface area contributed by atoms with Crippen molar-refractivity contribution in [3.05, 3.63) is 83.2 Å². The van der Waals surface area contributed by atoms with Crippen LogP contribution in [0.15, 0.2) is 54.9 Å². The number of benzene rings is 2. The maximum Gasteiger partial charge on any atom is 0.138 e. The second-order valence-electron chi connectivity index (χ2n) is 6.57. The normalized spacial score (nSPS) is 15.4. The molecule has 3 heterocycles. The molecule has 0 aliphatic carbocycles. The van der Waals surface area contributed by atoms with E-state index < -0.39 is 17.7 Å². The molecule has 4 aromatic rings. The third-order valence-corrected chi connectivity index (χ3v) is 5.02. The summed E-state index contributed by atoms with van der Waals surface area (Å²) in [6.07, 6.45) is 3.57. The third-order valence-electron chi connectivity index (χ3n) is 5.02. The van der Waals surface area contributed by atoms with Gasteiger partial charge in [0.15, 0.2) is 0 Å². The topological polar surface area (TPSA) is 40.7 Å². The van der Waals surface area contributed by atoms with Crippen molar-refractivity contribution < 1.29 is 8.78 Å². The Morgan fingerprint density at radius 1 is 0.962 bits per heavy atom. The lowest BCUT2D eigenvalue weighted by atomic mass is 9.96. The smallest absolute Gasteiger partial charge is 0.138 e. The molecular formula is C21H15F2N3. The molecule has 0 radical (unpaired) electrons. The number of fused-ring (bicyclic) bond motifs is 2. The van der Waals surface area contributed by atoms with Crippen LogP contribution in [-0.2, 0) is 0 Å². The summed E-state index contributed by atoms with van der Waals surface area (Å²) in [6, 6.07) is 11.8. The molecule has 26 heavy (non-hydrogen) atoms. The van der Waals surface area contributed by atoms with Gasteiger partial charge in [0.25, 0.3) is 0 Å². The van der Waals surface area contributed by atoms with Crippen molar-refractivity contribution in [3.63, 3.8) is 0 Å². The number of nitrogens with zero attached hydrogens (tertiary/aromatic N) is 1. The van der Waals surface area contributed by atoms with Crippen molar-refractivity contribution in [2.75, 3.05) is 5.32 Å². The van der Waals surface area contributed by atoms with E-state index in [1.165, 1.54) is 12.1 Å². The van der Waals surface area contributed by atoms with Crippen LogP contribution in [0.2, 0.25) is 0 Å². The minimum absolute atomic E-state index is 0.278. The van der Waals surface area contributed by atoms with Gasteiger partial charge in [0.2, 0.25) is 0 Å². The Bertz CT molecular complexity index is 1160. The van der Waals surface area contributed by atoms with Gasteiger partial charge in [-0.3, -0.25) is 0 Å². The van der Waals surface area contributed by atoms with E-state index in [2.05, 4.69) is 15.3 Å². The van der Waals surface area contributed by atoms with Gasteiger partial charge in [0, 0.05) is 40.2 Å². The van der Waals surface area contributed by atoms with Crippen molar-refractivity contribution in [1.29, 1.82) is 0 Å². The standard InChI is InChI=1S/C21H15F2N3/c1-11-8-17(23)14(9-16(11)22)20-15-10-25-21-19(15)13(6-7-24-21)12-4-2-3-5-18(12)26-20/h2-10,20,26H,1H3,(H,24,25). The molecular weight excluding hydrogens is 332 g/mol. The molecule has 2 N–H and O–H groups in total. The number of rotatable bonds is 1. The molecule has 0 bridgehead atoms. The Labute approximate surface area is 148 Å². The minimum Gasteiger partial charge on any atom is -0.373 e. The first kappa shape index (κ1) is 15.1. The highest BCUT2D eigenvalue weighted by atomic mass is 19.1. The van der Waals surface area contributed by atoms with E-state index in [-0.39, 0.29) is 5.56 Å². The Morgan fingerprint density at radius 2 is 1.81 bits per heavy atom. The SMILES string of the molecule is Cc1cc(F)c(C2Nc3ccccc3-c3ccnc4[nH]cc2c34)cc1F. The molecule has 0 saturated carbocycles. The summed E-state index contributed by atoms with van der Waals surface area (Å²) in [7, 11) is 0. The van der Waals surface area contributed by atoms with Gasteiger partial charge >= 0.3 is 0 Å². The monoisotopic (exact) mass is 347 g/mol. The predicted octanol–water partition coefficient (Wildman–Crippen LogP) is 5.33. The van der Waals surface area contributed by atoms with Crippen molar-refractivity contribution in [3.8, 4) is 11.1 Å². The van der Waals surface area contributed by atoms with Gasteiger partial charge < -0.3 is 10.3 Å². The van der Waals surface area contributed by atoms with E-state index in [0.717, 1.165) is 33.4 Å². The van der Waals surface area contributed by atoms with E-state index >= 15 is 0 Å². The van der Waals surface area contributed by atoms with Crippen LogP contribution < -0.4 is 5.32 Å². The van der Waals surface area contributed by atoms with E-state index in [0.29, 0.717) is 5.56 Å². The fourth-order valence-electron chi connectivity index (χ4n) is 3.74. The second kappa shape index (κ2) is 5.39. The molecule has 1 atom stereocenters. The van der Waals surface area contributed by atoms with E-state index in [9.17, 15) is 8.78 Å². The summed E-state index contributed by atoms with van der Waals surface area (Å²) < 4.78 is 29.0. The van der Waals surface area contributed by atoms with Crippen molar-refractivity contribution in [2.45, 2.75) is 13.0 Å². The molecule has 5 rings (SSSR count). The van der Waals surface area contributed by atoms with Gasteiger partial charge in [0.05, 0.1) is 6.04 Å². The van der Waals surface area contributed by atoms with Gasteiger partial charge in [-0.25, -0.2) is 13.8 Å². The van der Waals surface area contributed by atoms with Crippen LogP contribution in [0.25, 0.3) is 22.2 Å². The van der Waals surface area contributed by atoms with Gasteiger partial charge in [-0.1, -0.05) is 18.2 Å². The Balaban J connectivity index is 1.85. The zero-order valence-electron chi connectivity index (χ0n) is 14.0. The number of para-hydroxylation sites is 1. The average molecular weight is 347 g/mol. The summed E-state index contributed by atoms with van der Waals surface area (Å²) in [5, 5.41) is 4.33. The second-order valence-corrected chi connectivity index (χ2v) is 6.57. The Morgan fingerprint density at radius 3 is 2.69 bits per heavy atom. The van der Waals surface area contributed by atoms with Crippen LogP contribution in [0.4, 0.5) is 14.5 Å². The maximum atomic E-state index is 14.8. The zero-order valence-corrected chi connectivity index (χ0v) is 14.0. The summed E-state index contributed by atoms with van der Waals surface area (Å²) in [4.78, 5) is 7.55. The molecule has 1 aliphatic rings. The molecule has 0 saturated heterocycles. The predicted molar refractivity (Wildman–Crippen MR) is 98.1 cm³/mol. The summed E-state index contributed by atoms with van der Waals surface area (Å²) in [5.41, 5.74) is 5.06. The molecule has 1 aliphatic heterocycles. The lowest BCUT2D eigenvalue weighted by molar-refractivity contribution is 0.575. The number of aromatic nitrogens is 2. The lowest BCUT2D eigenvalue weighted by Gasteiger charge is -2.20. The molecule has 0 fully saturated rings.